The summed E-state index contributed by atoms with van der Waals surface area (Å²) in [4.78, 5) is 12.1. The molecule has 0 unspecified atom stereocenters. The molecule has 2 aromatic carbocycles. The number of hydrogen-bond acceptors (Lipinski definition) is 7. The number of rotatable bonds is 7. The molecule has 4 N–H and O–H groups in total. The maximum Gasteiger partial charge on any atom is 0.264 e. The van der Waals surface area contributed by atoms with E-state index in [0.717, 1.165) is 17.3 Å². The molecule has 0 aliphatic rings. The SMILES string of the molecule is Nn1c(N/N=C/c2ccccc2Cl)nnc1SCC(=O)Nc1ccccc1Cl. The van der Waals surface area contributed by atoms with Crippen LogP contribution in [-0.2, 0) is 4.79 Å². The summed E-state index contributed by atoms with van der Waals surface area (Å²) in [5.41, 5.74) is 3.97. The van der Waals surface area contributed by atoms with Crippen LogP contribution >= 0.6 is 35.0 Å². The summed E-state index contributed by atoms with van der Waals surface area (Å²) in [6.07, 6.45) is 1.54. The van der Waals surface area contributed by atoms with Crippen LogP contribution < -0.4 is 16.6 Å². The number of carbonyl (C=O) groups excluding carboxylic acids is 1. The number of aromatic nitrogens is 3. The van der Waals surface area contributed by atoms with E-state index in [1.807, 2.05) is 18.2 Å². The molecule has 28 heavy (non-hydrogen) atoms. The Morgan fingerprint density at radius 3 is 2.61 bits per heavy atom. The Bertz CT molecular complexity index is 1010. The van der Waals surface area contributed by atoms with Gasteiger partial charge in [0, 0.05) is 10.6 Å². The molecule has 0 atom stereocenters. The molecule has 0 saturated heterocycles. The highest BCUT2D eigenvalue weighted by Gasteiger charge is 2.12. The number of anilines is 2. The highest BCUT2D eigenvalue weighted by molar-refractivity contribution is 7.99. The smallest absolute Gasteiger partial charge is 0.264 e. The zero-order valence-electron chi connectivity index (χ0n) is 14.3. The molecular formula is C17H15Cl2N7OS. The third-order valence-corrected chi connectivity index (χ3v) is 5.04. The number of thioether (sulfide) groups is 1. The van der Waals surface area contributed by atoms with Crippen LogP contribution in [0.25, 0.3) is 0 Å². The third-order valence-electron chi connectivity index (χ3n) is 3.42. The van der Waals surface area contributed by atoms with Crippen molar-refractivity contribution in [1.82, 2.24) is 14.9 Å². The highest BCUT2D eigenvalue weighted by Crippen LogP contribution is 2.22. The van der Waals surface area contributed by atoms with Crippen LogP contribution in [0.3, 0.4) is 0 Å². The maximum atomic E-state index is 12.1. The molecule has 8 nitrogen and oxygen atoms in total. The van der Waals surface area contributed by atoms with Gasteiger partial charge in [-0.2, -0.15) is 5.10 Å². The fraction of sp³-hybridized carbons (Fsp3) is 0.0588. The number of carbonyl (C=O) groups is 1. The molecular weight excluding hydrogens is 421 g/mol. The summed E-state index contributed by atoms with van der Waals surface area (Å²) in [6.45, 7) is 0. The second-order valence-electron chi connectivity index (χ2n) is 5.38. The Morgan fingerprint density at radius 2 is 1.86 bits per heavy atom. The molecule has 0 radical (unpaired) electrons. The number of hydrazone groups is 1. The standard InChI is InChI=1S/C17H15Cl2N7OS/c18-12-6-2-1-5-11(12)9-21-23-16-24-25-17(26(16)20)28-10-15(27)22-14-8-4-3-7-13(14)19/h1-9H,10,20H2,(H,22,27)(H,23,24)/b21-9+. The first-order valence-electron chi connectivity index (χ1n) is 7.96. The van der Waals surface area contributed by atoms with E-state index >= 15 is 0 Å². The van der Waals surface area contributed by atoms with Gasteiger partial charge < -0.3 is 11.2 Å². The minimum atomic E-state index is -0.243. The van der Waals surface area contributed by atoms with Crippen LogP contribution in [-0.4, -0.2) is 32.7 Å². The van der Waals surface area contributed by atoms with Crippen molar-refractivity contribution in [2.24, 2.45) is 5.10 Å². The van der Waals surface area contributed by atoms with Crippen molar-refractivity contribution in [3.63, 3.8) is 0 Å². The lowest BCUT2D eigenvalue weighted by atomic mass is 10.2. The third kappa shape index (κ3) is 5.16. The van der Waals surface area contributed by atoms with Crippen molar-refractivity contribution in [1.29, 1.82) is 0 Å². The second kappa shape index (κ2) is 9.45. The topological polar surface area (TPSA) is 110 Å². The molecule has 0 spiro atoms. The summed E-state index contributed by atoms with van der Waals surface area (Å²) in [5.74, 6) is 5.99. The second-order valence-corrected chi connectivity index (χ2v) is 7.14. The van der Waals surface area contributed by atoms with E-state index in [9.17, 15) is 4.79 Å². The van der Waals surface area contributed by atoms with Gasteiger partial charge >= 0.3 is 0 Å². The predicted octanol–water partition coefficient (Wildman–Crippen LogP) is 3.48. The predicted molar refractivity (Wildman–Crippen MR) is 114 cm³/mol. The highest BCUT2D eigenvalue weighted by atomic mass is 35.5. The molecule has 0 bridgehead atoms. The lowest BCUT2D eigenvalue weighted by Crippen LogP contribution is -2.17. The maximum absolute atomic E-state index is 12.1. The van der Waals surface area contributed by atoms with Crippen LogP contribution in [0.1, 0.15) is 5.56 Å². The normalized spacial score (nSPS) is 10.9. The van der Waals surface area contributed by atoms with Gasteiger partial charge in [-0.25, -0.2) is 10.1 Å². The van der Waals surface area contributed by atoms with E-state index in [1.165, 1.54) is 4.68 Å². The molecule has 0 fully saturated rings. The number of para-hydroxylation sites is 1. The molecule has 144 valence electrons. The molecule has 1 heterocycles. The number of nitrogens with two attached hydrogens (primary N) is 1. The monoisotopic (exact) mass is 435 g/mol. The van der Waals surface area contributed by atoms with E-state index in [0.29, 0.717) is 20.9 Å². The van der Waals surface area contributed by atoms with E-state index in [-0.39, 0.29) is 17.6 Å². The lowest BCUT2D eigenvalue weighted by Gasteiger charge is -2.06. The molecule has 0 aliphatic carbocycles. The molecule has 3 aromatic rings. The van der Waals surface area contributed by atoms with Gasteiger partial charge in [-0.1, -0.05) is 65.3 Å². The van der Waals surface area contributed by atoms with Gasteiger partial charge in [-0.3, -0.25) is 4.79 Å². The molecule has 1 amide bonds. The van der Waals surface area contributed by atoms with Crippen molar-refractivity contribution in [2.45, 2.75) is 5.16 Å². The Kier molecular flexibility index (Phi) is 6.75. The Hall–Kier alpha value is -2.75. The van der Waals surface area contributed by atoms with Gasteiger partial charge in [-0.05, 0) is 18.2 Å². The van der Waals surface area contributed by atoms with Crippen LogP contribution in [0.2, 0.25) is 10.0 Å². The number of amides is 1. The van der Waals surface area contributed by atoms with Gasteiger partial charge in [-0.15, -0.1) is 10.2 Å². The molecule has 11 heteroatoms. The van der Waals surface area contributed by atoms with Gasteiger partial charge in [0.05, 0.1) is 22.7 Å². The molecule has 1 aromatic heterocycles. The average molecular weight is 436 g/mol. The minimum Gasteiger partial charge on any atom is -0.334 e. The number of nitrogens with one attached hydrogen (secondary N) is 2. The number of halogens is 2. The van der Waals surface area contributed by atoms with Gasteiger partial charge in [0.2, 0.25) is 11.1 Å². The van der Waals surface area contributed by atoms with Crippen molar-refractivity contribution < 1.29 is 4.79 Å². The van der Waals surface area contributed by atoms with E-state index in [2.05, 4.69) is 26.0 Å². The first-order chi connectivity index (χ1) is 13.5. The number of nitrogens with zero attached hydrogens (tertiary/aromatic N) is 4. The molecule has 3 rings (SSSR count). The van der Waals surface area contributed by atoms with Crippen molar-refractivity contribution in [3.8, 4) is 0 Å². The lowest BCUT2D eigenvalue weighted by molar-refractivity contribution is -0.113. The number of benzene rings is 2. The number of nitrogen functional groups attached to an aromatic ring is 1. The fourth-order valence-corrected chi connectivity index (χ4v) is 3.09. The molecule has 0 saturated carbocycles. The van der Waals surface area contributed by atoms with Crippen LogP contribution in [0.5, 0.6) is 0 Å². The molecule has 0 aliphatic heterocycles. The summed E-state index contributed by atoms with van der Waals surface area (Å²) in [7, 11) is 0. The van der Waals surface area contributed by atoms with E-state index in [4.69, 9.17) is 29.0 Å². The van der Waals surface area contributed by atoms with Gasteiger partial charge in [0.15, 0.2) is 0 Å². The Morgan fingerprint density at radius 1 is 1.14 bits per heavy atom. The quantitative estimate of drug-likeness (QED) is 0.226. The fourth-order valence-electron chi connectivity index (χ4n) is 2.07. The Labute approximate surface area is 175 Å². The van der Waals surface area contributed by atoms with Crippen LogP contribution in [0, 0.1) is 0 Å². The summed E-state index contributed by atoms with van der Waals surface area (Å²) in [5, 5.41) is 16.0. The van der Waals surface area contributed by atoms with Crippen LogP contribution in [0.4, 0.5) is 11.6 Å². The van der Waals surface area contributed by atoms with Crippen molar-refractivity contribution >= 4 is 58.7 Å². The van der Waals surface area contributed by atoms with Crippen molar-refractivity contribution in [3.05, 3.63) is 64.1 Å². The minimum absolute atomic E-state index is 0.0868. The zero-order chi connectivity index (χ0) is 19.9. The Balaban J connectivity index is 1.55. The average Bonchev–Trinajstić information content (AvgIpc) is 3.03. The van der Waals surface area contributed by atoms with Gasteiger partial charge in [0.1, 0.15) is 0 Å². The number of hydrogen-bond donors (Lipinski definition) is 3. The van der Waals surface area contributed by atoms with E-state index < -0.39 is 0 Å². The van der Waals surface area contributed by atoms with Crippen LogP contribution in [0.15, 0.2) is 58.8 Å². The van der Waals surface area contributed by atoms with Gasteiger partial charge in [0.25, 0.3) is 5.95 Å². The first kappa shape index (κ1) is 20.0. The largest absolute Gasteiger partial charge is 0.334 e. The summed E-state index contributed by atoms with van der Waals surface area (Å²) < 4.78 is 1.21. The van der Waals surface area contributed by atoms with Crippen molar-refractivity contribution in [2.75, 3.05) is 22.3 Å². The summed E-state index contributed by atoms with van der Waals surface area (Å²) in [6, 6.07) is 14.2. The zero-order valence-corrected chi connectivity index (χ0v) is 16.7. The van der Waals surface area contributed by atoms with E-state index in [1.54, 1.807) is 36.5 Å². The first-order valence-corrected chi connectivity index (χ1v) is 9.70. The summed E-state index contributed by atoms with van der Waals surface area (Å²) >= 11 is 13.2.